The van der Waals surface area contributed by atoms with Gasteiger partial charge in [0.05, 0.1) is 5.92 Å². The van der Waals surface area contributed by atoms with Gasteiger partial charge < -0.3 is 5.11 Å². The van der Waals surface area contributed by atoms with Gasteiger partial charge in [-0.2, -0.15) is 0 Å². The van der Waals surface area contributed by atoms with E-state index in [4.69, 9.17) is 5.11 Å². The minimum atomic E-state index is -0.629. The van der Waals surface area contributed by atoms with Crippen molar-refractivity contribution < 1.29 is 9.90 Å². The van der Waals surface area contributed by atoms with Crippen LogP contribution in [0.4, 0.5) is 0 Å². The first-order chi connectivity index (χ1) is 8.74. The number of rotatable bonds is 2. The summed E-state index contributed by atoms with van der Waals surface area (Å²) in [5.41, 5.74) is 2.89. The van der Waals surface area contributed by atoms with Gasteiger partial charge in [-0.25, -0.2) is 0 Å². The van der Waals surface area contributed by atoms with Gasteiger partial charge in [0.25, 0.3) is 0 Å². The van der Waals surface area contributed by atoms with Gasteiger partial charge in [-0.3, -0.25) is 9.69 Å². The van der Waals surface area contributed by atoms with Gasteiger partial charge in [0, 0.05) is 12.6 Å². The molecule has 1 atom stereocenters. The van der Waals surface area contributed by atoms with Crippen molar-refractivity contribution in [2.24, 2.45) is 5.92 Å². The molecular formula is C15H20ClNO2. The van der Waals surface area contributed by atoms with Gasteiger partial charge in [0.15, 0.2) is 0 Å². The number of carboxylic acids is 1. The highest BCUT2D eigenvalue weighted by Crippen LogP contribution is 2.28. The Morgan fingerprint density at radius 2 is 1.84 bits per heavy atom. The van der Waals surface area contributed by atoms with Crippen LogP contribution >= 0.6 is 12.4 Å². The van der Waals surface area contributed by atoms with Crippen molar-refractivity contribution in [2.75, 3.05) is 13.1 Å². The predicted molar refractivity (Wildman–Crippen MR) is 76.8 cm³/mol. The molecule has 104 valence electrons. The highest BCUT2D eigenvalue weighted by atomic mass is 35.5. The molecule has 1 aliphatic heterocycles. The quantitative estimate of drug-likeness (QED) is 0.905. The number of benzene rings is 1. The Bertz CT molecular complexity index is 438. The molecule has 0 saturated carbocycles. The highest BCUT2D eigenvalue weighted by Gasteiger charge is 2.32. The van der Waals surface area contributed by atoms with Gasteiger partial charge in [0.2, 0.25) is 0 Å². The molecule has 0 spiro atoms. The molecule has 0 aromatic heterocycles. The fraction of sp³-hybridized carbons (Fsp3) is 0.533. The van der Waals surface area contributed by atoms with Crippen LogP contribution in [0.3, 0.4) is 0 Å². The summed E-state index contributed by atoms with van der Waals surface area (Å²) < 4.78 is 0. The van der Waals surface area contributed by atoms with E-state index in [0.29, 0.717) is 6.04 Å². The number of carboxylic acid groups (broad SMARTS) is 1. The molecule has 0 radical (unpaired) electrons. The Labute approximate surface area is 120 Å². The lowest BCUT2D eigenvalue weighted by atomic mass is 9.96. The molecule has 1 unspecified atom stereocenters. The maximum atomic E-state index is 11.1. The van der Waals surface area contributed by atoms with Crippen LogP contribution in [0, 0.1) is 5.92 Å². The second-order valence-electron chi connectivity index (χ2n) is 5.50. The lowest BCUT2D eigenvalue weighted by Crippen LogP contribution is -2.45. The van der Waals surface area contributed by atoms with Gasteiger partial charge >= 0.3 is 5.97 Å². The first-order valence-electron chi connectivity index (χ1n) is 6.77. The number of piperidine rings is 1. The molecular weight excluding hydrogens is 262 g/mol. The fourth-order valence-electron chi connectivity index (χ4n) is 3.33. The molecule has 0 amide bonds. The van der Waals surface area contributed by atoms with Crippen molar-refractivity contribution in [3.63, 3.8) is 0 Å². The van der Waals surface area contributed by atoms with Crippen LogP contribution in [0.25, 0.3) is 0 Å². The van der Waals surface area contributed by atoms with E-state index in [1.807, 2.05) is 0 Å². The SMILES string of the molecule is Cl.O=C(O)C1CCCN(C2Cc3ccccc3C2)C1. The number of halogens is 1. The second kappa shape index (κ2) is 5.93. The summed E-state index contributed by atoms with van der Waals surface area (Å²) in [6, 6.07) is 9.11. The monoisotopic (exact) mass is 281 g/mol. The summed E-state index contributed by atoms with van der Waals surface area (Å²) in [6.45, 7) is 1.79. The summed E-state index contributed by atoms with van der Waals surface area (Å²) in [7, 11) is 0. The number of carbonyl (C=O) groups is 1. The van der Waals surface area contributed by atoms with Crippen molar-refractivity contribution in [1.29, 1.82) is 0 Å². The molecule has 1 heterocycles. The Kier molecular flexibility index (Phi) is 4.48. The van der Waals surface area contributed by atoms with Crippen LogP contribution in [-0.2, 0) is 17.6 Å². The lowest BCUT2D eigenvalue weighted by Gasteiger charge is -2.35. The number of nitrogens with zero attached hydrogens (tertiary/aromatic N) is 1. The van der Waals surface area contributed by atoms with Gasteiger partial charge in [0.1, 0.15) is 0 Å². The summed E-state index contributed by atoms with van der Waals surface area (Å²) >= 11 is 0. The van der Waals surface area contributed by atoms with Crippen molar-refractivity contribution in [2.45, 2.75) is 31.7 Å². The minimum Gasteiger partial charge on any atom is -0.481 e. The summed E-state index contributed by atoms with van der Waals surface area (Å²) in [5.74, 6) is -0.794. The maximum absolute atomic E-state index is 11.1. The lowest BCUT2D eigenvalue weighted by molar-refractivity contribution is -0.143. The van der Waals surface area contributed by atoms with E-state index >= 15 is 0 Å². The third-order valence-electron chi connectivity index (χ3n) is 4.35. The number of fused-ring (bicyclic) bond motifs is 1. The first-order valence-corrected chi connectivity index (χ1v) is 6.77. The van der Waals surface area contributed by atoms with Crippen LogP contribution in [-0.4, -0.2) is 35.1 Å². The highest BCUT2D eigenvalue weighted by molar-refractivity contribution is 5.85. The maximum Gasteiger partial charge on any atom is 0.307 e. The van der Waals surface area contributed by atoms with Crippen molar-refractivity contribution >= 4 is 18.4 Å². The normalized spacial score (nSPS) is 23.7. The zero-order valence-corrected chi connectivity index (χ0v) is 11.7. The zero-order chi connectivity index (χ0) is 12.5. The van der Waals surface area contributed by atoms with Crippen LogP contribution in [0.15, 0.2) is 24.3 Å². The predicted octanol–water partition coefficient (Wildman–Crippen LogP) is 2.37. The largest absolute Gasteiger partial charge is 0.481 e. The molecule has 3 nitrogen and oxygen atoms in total. The molecule has 1 N–H and O–H groups in total. The third kappa shape index (κ3) is 2.93. The van der Waals surface area contributed by atoms with Crippen LogP contribution in [0.2, 0.25) is 0 Å². The summed E-state index contributed by atoms with van der Waals surface area (Å²) in [6.07, 6.45) is 4.03. The number of likely N-dealkylation sites (tertiary alicyclic amines) is 1. The Morgan fingerprint density at radius 3 is 2.42 bits per heavy atom. The molecule has 3 rings (SSSR count). The van der Waals surface area contributed by atoms with E-state index in [2.05, 4.69) is 29.2 Å². The Hall–Kier alpha value is -1.06. The Balaban J connectivity index is 0.00000133. The second-order valence-corrected chi connectivity index (χ2v) is 5.50. The summed E-state index contributed by atoms with van der Waals surface area (Å²) in [4.78, 5) is 13.5. The number of aliphatic carboxylic acids is 1. The fourth-order valence-corrected chi connectivity index (χ4v) is 3.33. The van der Waals surface area contributed by atoms with Crippen LogP contribution in [0.5, 0.6) is 0 Å². The molecule has 1 fully saturated rings. The van der Waals surface area contributed by atoms with E-state index < -0.39 is 5.97 Å². The van der Waals surface area contributed by atoms with Crippen molar-refractivity contribution in [3.05, 3.63) is 35.4 Å². The van der Waals surface area contributed by atoms with Crippen molar-refractivity contribution in [1.82, 2.24) is 4.90 Å². The molecule has 1 aromatic rings. The number of hydrogen-bond donors (Lipinski definition) is 1. The topological polar surface area (TPSA) is 40.5 Å². The molecule has 4 heteroatoms. The van der Waals surface area contributed by atoms with E-state index in [9.17, 15) is 4.79 Å². The molecule has 0 bridgehead atoms. The molecule has 1 saturated heterocycles. The van der Waals surface area contributed by atoms with Gasteiger partial charge in [-0.05, 0) is 43.4 Å². The third-order valence-corrected chi connectivity index (χ3v) is 4.35. The Morgan fingerprint density at radius 1 is 1.21 bits per heavy atom. The standard InChI is InChI=1S/C15H19NO2.ClH/c17-15(18)13-6-3-7-16(10-13)14-8-11-4-1-2-5-12(11)9-14;/h1-2,4-5,13-14H,3,6-10H2,(H,17,18);1H. The smallest absolute Gasteiger partial charge is 0.307 e. The van der Waals surface area contributed by atoms with E-state index in [0.717, 1.165) is 38.8 Å². The van der Waals surface area contributed by atoms with Crippen molar-refractivity contribution in [3.8, 4) is 0 Å². The molecule has 2 aliphatic rings. The first kappa shape index (κ1) is 14.4. The van der Waals surface area contributed by atoms with E-state index in [1.54, 1.807) is 0 Å². The number of hydrogen-bond acceptors (Lipinski definition) is 2. The van der Waals surface area contributed by atoms with E-state index in [-0.39, 0.29) is 18.3 Å². The van der Waals surface area contributed by atoms with Gasteiger partial charge in [-0.15, -0.1) is 12.4 Å². The van der Waals surface area contributed by atoms with E-state index in [1.165, 1.54) is 11.1 Å². The molecule has 1 aromatic carbocycles. The minimum absolute atomic E-state index is 0. The van der Waals surface area contributed by atoms with Crippen LogP contribution in [0.1, 0.15) is 24.0 Å². The average Bonchev–Trinajstić information content (AvgIpc) is 2.82. The average molecular weight is 282 g/mol. The van der Waals surface area contributed by atoms with Crippen LogP contribution < -0.4 is 0 Å². The summed E-state index contributed by atoms with van der Waals surface area (Å²) in [5, 5.41) is 9.15. The zero-order valence-electron chi connectivity index (χ0n) is 10.9. The molecule has 1 aliphatic carbocycles. The van der Waals surface area contributed by atoms with Gasteiger partial charge in [-0.1, -0.05) is 24.3 Å². The molecule has 19 heavy (non-hydrogen) atoms.